The maximum atomic E-state index is 11.4. The first-order valence-electron chi connectivity index (χ1n) is 7.41. The number of aryl methyl sites for hydroxylation is 1. The van der Waals surface area contributed by atoms with Gasteiger partial charge >= 0.3 is 5.97 Å². The van der Waals surface area contributed by atoms with Crippen LogP contribution in [0.25, 0.3) is 0 Å². The molecule has 1 rings (SSSR count). The first kappa shape index (κ1) is 19.8. The highest BCUT2D eigenvalue weighted by Gasteiger charge is 2.17. The third-order valence-electron chi connectivity index (χ3n) is 2.89. The van der Waals surface area contributed by atoms with Gasteiger partial charge in [0.05, 0.1) is 10.0 Å². The van der Waals surface area contributed by atoms with Crippen molar-refractivity contribution >= 4 is 29.2 Å². The molecule has 0 saturated carbocycles. The Balaban J connectivity index is 2.68. The normalized spacial score (nSPS) is 13.3. The molecule has 2 unspecified atom stereocenters. The van der Waals surface area contributed by atoms with Crippen LogP contribution in [0.4, 0.5) is 0 Å². The van der Waals surface area contributed by atoms with Gasteiger partial charge in [0.2, 0.25) is 12.6 Å². The minimum atomic E-state index is -0.786. The summed E-state index contributed by atoms with van der Waals surface area (Å²) in [6.07, 6.45) is 0.401. The number of carbonyl (C=O) groups is 1. The Morgan fingerprint density at radius 3 is 2.26 bits per heavy atom. The van der Waals surface area contributed by atoms with Crippen LogP contribution < -0.4 is 4.74 Å². The summed E-state index contributed by atoms with van der Waals surface area (Å²) in [5.41, 5.74) is 1.35. The zero-order chi connectivity index (χ0) is 17.6. The molecule has 0 aliphatic carbocycles. The fourth-order valence-corrected chi connectivity index (χ4v) is 2.52. The number of ether oxygens (including phenoxy) is 3. The minimum Gasteiger partial charge on any atom is -0.462 e. The van der Waals surface area contributed by atoms with Gasteiger partial charge in [-0.3, -0.25) is 0 Å². The number of carbonyl (C=O) groups excluding carboxylic acids is 1. The Morgan fingerprint density at radius 1 is 1.22 bits per heavy atom. The van der Waals surface area contributed by atoms with Gasteiger partial charge in [0.1, 0.15) is 0 Å². The van der Waals surface area contributed by atoms with E-state index in [1.165, 1.54) is 0 Å². The van der Waals surface area contributed by atoms with E-state index in [2.05, 4.69) is 13.5 Å². The van der Waals surface area contributed by atoms with Gasteiger partial charge in [0.25, 0.3) is 0 Å². The highest BCUT2D eigenvalue weighted by molar-refractivity contribution is 6.37. The van der Waals surface area contributed by atoms with Crippen molar-refractivity contribution < 1.29 is 19.0 Å². The third kappa shape index (κ3) is 6.42. The summed E-state index contributed by atoms with van der Waals surface area (Å²) in [7, 11) is 0. The largest absolute Gasteiger partial charge is 0.462 e. The predicted molar refractivity (Wildman–Crippen MR) is 92.0 cm³/mol. The second-order valence-electron chi connectivity index (χ2n) is 5.21. The van der Waals surface area contributed by atoms with E-state index in [-0.39, 0.29) is 0 Å². The van der Waals surface area contributed by atoms with Crippen LogP contribution in [-0.2, 0) is 20.7 Å². The van der Waals surface area contributed by atoms with E-state index in [4.69, 9.17) is 37.4 Å². The van der Waals surface area contributed by atoms with E-state index in [1.54, 1.807) is 20.8 Å². The fourth-order valence-electron chi connectivity index (χ4n) is 1.90. The molecule has 0 N–H and O–H groups in total. The van der Waals surface area contributed by atoms with Crippen molar-refractivity contribution in [1.82, 2.24) is 0 Å². The van der Waals surface area contributed by atoms with Crippen molar-refractivity contribution in [3.05, 3.63) is 39.9 Å². The minimum absolute atomic E-state index is 0.298. The van der Waals surface area contributed by atoms with E-state index < -0.39 is 18.5 Å². The lowest BCUT2D eigenvalue weighted by Gasteiger charge is -2.21. The number of benzene rings is 1. The number of rotatable bonds is 8. The number of halogens is 2. The Morgan fingerprint density at radius 2 is 1.78 bits per heavy atom. The van der Waals surface area contributed by atoms with E-state index in [9.17, 15) is 4.79 Å². The van der Waals surface area contributed by atoms with Gasteiger partial charge in [-0.25, -0.2) is 4.79 Å². The zero-order valence-electron chi connectivity index (χ0n) is 13.8. The van der Waals surface area contributed by atoms with Crippen LogP contribution in [0, 0.1) is 0 Å². The molecule has 0 aromatic heterocycles. The van der Waals surface area contributed by atoms with Gasteiger partial charge in [0.15, 0.2) is 5.75 Å². The fraction of sp³-hybridized carbons (Fsp3) is 0.471. The Kier molecular flexibility index (Phi) is 7.89. The monoisotopic (exact) mass is 360 g/mol. The van der Waals surface area contributed by atoms with Crippen LogP contribution in [-0.4, -0.2) is 18.5 Å². The highest BCUT2D eigenvalue weighted by Crippen LogP contribution is 2.35. The molecule has 128 valence electrons. The molecule has 0 aliphatic heterocycles. The van der Waals surface area contributed by atoms with Crippen LogP contribution in [0.2, 0.25) is 10.0 Å². The summed E-state index contributed by atoms with van der Waals surface area (Å²) < 4.78 is 16.1. The summed E-state index contributed by atoms with van der Waals surface area (Å²) in [5, 5.41) is 0.839. The molecule has 0 radical (unpaired) electrons. The number of hydrogen-bond donors (Lipinski definition) is 0. The van der Waals surface area contributed by atoms with Crippen LogP contribution in [0.15, 0.2) is 24.3 Å². The number of hydrogen-bond acceptors (Lipinski definition) is 4. The van der Waals surface area contributed by atoms with Crippen molar-refractivity contribution in [3.8, 4) is 5.75 Å². The van der Waals surface area contributed by atoms with E-state index >= 15 is 0 Å². The van der Waals surface area contributed by atoms with Crippen molar-refractivity contribution in [2.24, 2.45) is 0 Å². The summed E-state index contributed by atoms with van der Waals surface area (Å²) in [5.74, 6) is -0.177. The molecule has 0 heterocycles. The first-order valence-corrected chi connectivity index (χ1v) is 8.16. The molecule has 23 heavy (non-hydrogen) atoms. The quantitative estimate of drug-likeness (QED) is 0.365. The maximum Gasteiger partial charge on any atom is 0.335 e. The van der Waals surface area contributed by atoms with Crippen LogP contribution >= 0.6 is 23.2 Å². The summed E-state index contributed by atoms with van der Waals surface area (Å²) in [6, 6.07) is 3.65. The van der Waals surface area contributed by atoms with Crippen molar-refractivity contribution in [1.29, 1.82) is 0 Å². The molecule has 0 saturated heterocycles. The van der Waals surface area contributed by atoms with Gasteiger partial charge in [-0.1, -0.05) is 43.1 Å². The van der Waals surface area contributed by atoms with Gasteiger partial charge in [-0.2, -0.15) is 0 Å². The Bertz CT molecular complexity index is 549. The summed E-state index contributed by atoms with van der Waals surface area (Å²) in [4.78, 5) is 11.4. The van der Waals surface area contributed by atoms with E-state index in [1.807, 2.05) is 12.1 Å². The molecular weight excluding hydrogens is 339 g/mol. The summed E-state index contributed by atoms with van der Waals surface area (Å²) >= 11 is 12.4. The maximum absolute atomic E-state index is 11.4. The second kappa shape index (κ2) is 9.16. The molecule has 4 nitrogen and oxygen atoms in total. The van der Waals surface area contributed by atoms with E-state index in [0.29, 0.717) is 21.4 Å². The van der Waals surface area contributed by atoms with Crippen LogP contribution in [0.3, 0.4) is 0 Å². The van der Waals surface area contributed by atoms with Crippen LogP contribution in [0.1, 0.15) is 39.7 Å². The lowest BCUT2D eigenvalue weighted by atomic mass is 10.1. The molecule has 2 atom stereocenters. The molecular formula is C17H22Cl2O4. The third-order valence-corrected chi connectivity index (χ3v) is 3.45. The molecule has 0 bridgehead atoms. The molecule has 0 amide bonds. The predicted octanol–water partition coefficient (Wildman–Crippen LogP) is 5.15. The highest BCUT2D eigenvalue weighted by atomic mass is 35.5. The topological polar surface area (TPSA) is 44.8 Å². The number of esters is 1. The van der Waals surface area contributed by atoms with E-state index in [0.717, 1.165) is 18.4 Å². The van der Waals surface area contributed by atoms with Gasteiger partial charge < -0.3 is 14.2 Å². The molecule has 1 aromatic rings. The molecule has 1 aromatic carbocycles. The average molecular weight is 361 g/mol. The SMILES string of the molecule is C=C(C)C(=O)OC(C)OC(C)Oc1c(Cl)cc(CCC)cc1Cl. The zero-order valence-corrected chi connectivity index (χ0v) is 15.3. The average Bonchev–Trinajstić information content (AvgIpc) is 2.42. The second-order valence-corrected chi connectivity index (χ2v) is 6.03. The van der Waals surface area contributed by atoms with Crippen molar-refractivity contribution in [2.45, 2.75) is 53.1 Å². The summed E-state index contributed by atoms with van der Waals surface area (Å²) in [6.45, 7) is 10.4. The smallest absolute Gasteiger partial charge is 0.335 e. The van der Waals surface area contributed by atoms with Gasteiger partial charge in [-0.05, 0) is 44.9 Å². The molecule has 0 spiro atoms. The lowest BCUT2D eigenvalue weighted by Crippen LogP contribution is -2.26. The van der Waals surface area contributed by atoms with Crippen LogP contribution in [0.5, 0.6) is 5.75 Å². The lowest BCUT2D eigenvalue weighted by molar-refractivity contribution is -0.205. The molecule has 6 heteroatoms. The molecule has 0 fully saturated rings. The van der Waals surface area contributed by atoms with Gasteiger partial charge in [0, 0.05) is 5.57 Å². The van der Waals surface area contributed by atoms with Crippen molar-refractivity contribution in [2.75, 3.05) is 0 Å². The standard InChI is InChI=1S/C17H22Cl2O4/c1-6-7-13-8-14(18)16(15(19)9-13)22-11(4)21-12(5)23-17(20)10(2)3/h8-9,11-12H,2,6-7H2,1,3-5H3. The van der Waals surface area contributed by atoms with Crippen molar-refractivity contribution in [3.63, 3.8) is 0 Å². The van der Waals surface area contributed by atoms with Gasteiger partial charge in [-0.15, -0.1) is 0 Å². The first-order chi connectivity index (χ1) is 10.7. The Hall–Kier alpha value is -1.23. The Labute approximate surface area is 147 Å². The molecule has 0 aliphatic rings.